The second-order valence-electron chi connectivity index (χ2n) is 6.14. The first kappa shape index (κ1) is 15.1. The van der Waals surface area contributed by atoms with Gasteiger partial charge in [-0.15, -0.1) is 6.42 Å². The fraction of sp³-hybridized carbons (Fsp3) is 0.600. The fourth-order valence-electron chi connectivity index (χ4n) is 2.81. The molecule has 5 heteroatoms. The Morgan fingerprint density at radius 1 is 1.65 bits per heavy atom. The Morgan fingerprint density at radius 3 is 3.05 bits per heavy atom. The predicted molar refractivity (Wildman–Crippen MR) is 84.7 cm³/mol. The second-order valence-corrected chi connectivity index (χ2v) is 6.93. The quantitative estimate of drug-likeness (QED) is 0.862. The third-order valence-corrected chi connectivity index (χ3v) is 4.56. The van der Waals surface area contributed by atoms with Gasteiger partial charge in [0.2, 0.25) is 0 Å². The normalized spacial score (nSPS) is 21.2. The van der Waals surface area contributed by atoms with Crippen LogP contribution in [0.5, 0.6) is 0 Å². The van der Waals surface area contributed by atoms with Gasteiger partial charge in [0.1, 0.15) is 11.0 Å². The number of nitrogens with one attached hydrogen (secondary N) is 1. The average Bonchev–Trinajstić information content (AvgIpc) is 2.37. The van der Waals surface area contributed by atoms with Crippen LogP contribution in [0.1, 0.15) is 39.5 Å². The van der Waals surface area contributed by atoms with Gasteiger partial charge in [-0.1, -0.05) is 26.2 Å². The monoisotopic (exact) mass is 337 g/mol. The lowest BCUT2D eigenvalue weighted by Crippen LogP contribution is -2.33. The molecule has 1 heterocycles. The van der Waals surface area contributed by atoms with E-state index in [1.807, 2.05) is 0 Å². The number of halogens is 1. The van der Waals surface area contributed by atoms with Crippen LogP contribution >= 0.6 is 15.9 Å². The van der Waals surface area contributed by atoms with E-state index in [9.17, 15) is 4.79 Å². The fourth-order valence-corrected chi connectivity index (χ4v) is 3.23. The molecular formula is C15H20BrN3O. The van der Waals surface area contributed by atoms with Crippen molar-refractivity contribution in [2.75, 3.05) is 5.32 Å². The minimum absolute atomic E-state index is 0.189. The molecule has 1 aromatic heterocycles. The highest BCUT2D eigenvalue weighted by atomic mass is 79.9. The molecule has 1 atom stereocenters. The molecule has 1 aromatic rings. The lowest BCUT2D eigenvalue weighted by molar-refractivity contribution is 0.229. The maximum atomic E-state index is 12.1. The van der Waals surface area contributed by atoms with E-state index < -0.39 is 0 Å². The number of terminal acetylenes is 1. The minimum atomic E-state index is -0.192. The Labute approximate surface area is 128 Å². The predicted octanol–water partition coefficient (Wildman–Crippen LogP) is 3.02. The molecule has 20 heavy (non-hydrogen) atoms. The molecule has 108 valence electrons. The van der Waals surface area contributed by atoms with E-state index in [4.69, 9.17) is 6.42 Å². The third kappa shape index (κ3) is 3.43. The summed E-state index contributed by atoms with van der Waals surface area (Å²) in [5, 5.41) is 7.54. The summed E-state index contributed by atoms with van der Waals surface area (Å²) < 4.78 is 1.78. The molecule has 2 rings (SSSR count). The summed E-state index contributed by atoms with van der Waals surface area (Å²) in [5.41, 5.74) is 0.919. The first-order chi connectivity index (χ1) is 9.43. The Hall–Kier alpha value is -1.28. The van der Waals surface area contributed by atoms with E-state index in [2.05, 4.69) is 46.1 Å². The molecule has 0 aromatic carbocycles. The lowest BCUT2D eigenvalue weighted by atomic mass is 9.75. The number of hydrogen-bond acceptors (Lipinski definition) is 3. The van der Waals surface area contributed by atoms with Crippen LogP contribution in [0.25, 0.3) is 0 Å². The zero-order valence-electron chi connectivity index (χ0n) is 11.9. The zero-order chi connectivity index (χ0) is 14.8. The summed E-state index contributed by atoms with van der Waals surface area (Å²) in [4.78, 5) is 12.1. The number of anilines is 1. The maximum Gasteiger partial charge on any atom is 0.284 e. The van der Waals surface area contributed by atoms with Gasteiger partial charge in [0, 0.05) is 6.04 Å². The van der Waals surface area contributed by atoms with Crippen molar-refractivity contribution in [1.29, 1.82) is 0 Å². The first-order valence-corrected chi connectivity index (χ1v) is 7.68. The van der Waals surface area contributed by atoms with E-state index in [1.165, 1.54) is 17.5 Å². The van der Waals surface area contributed by atoms with Crippen LogP contribution in [0.4, 0.5) is 5.69 Å². The Morgan fingerprint density at radius 2 is 2.40 bits per heavy atom. The maximum absolute atomic E-state index is 12.1. The van der Waals surface area contributed by atoms with Crippen molar-refractivity contribution >= 4 is 21.6 Å². The van der Waals surface area contributed by atoms with Crippen LogP contribution in [-0.2, 0) is 6.54 Å². The van der Waals surface area contributed by atoms with Gasteiger partial charge in [0.15, 0.2) is 0 Å². The topological polar surface area (TPSA) is 46.9 Å². The van der Waals surface area contributed by atoms with Crippen LogP contribution in [0.15, 0.2) is 15.5 Å². The summed E-state index contributed by atoms with van der Waals surface area (Å²) in [6.07, 6.45) is 11.6. The average molecular weight is 338 g/mol. The van der Waals surface area contributed by atoms with Gasteiger partial charge in [-0.25, -0.2) is 4.68 Å². The molecule has 1 N–H and O–H groups in total. The van der Waals surface area contributed by atoms with Crippen LogP contribution in [0.3, 0.4) is 0 Å². The van der Waals surface area contributed by atoms with E-state index in [0.29, 0.717) is 15.9 Å². The molecule has 1 fully saturated rings. The van der Waals surface area contributed by atoms with E-state index in [-0.39, 0.29) is 12.1 Å². The summed E-state index contributed by atoms with van der Waals surface area (Å²) in [6.45, 7) is 4.77. The summed E-state index contributed by atoms with van der Waals surface area (Å²) in [5.74, 6) is 2.42. The first-order valence-electron chi connectivity index (χ1n) is 6.88. The summed E-state index contributed by atoms with van der Waals surface area (Å²) in [6, 6.07) is 0.389. The molecule has 0 saturated heterocycles. The molecule has 1 aliphatic carbocycles. The molecular weight excluding hydrogens is 318 g/mol. The Balaban J connectivity index is 2.16. The van der Waals surface area contributed by atoms with Gasteiger partial charge in [-0.2, -0.15) is 5.10 Å². The van der Waals surface area contributed by atoms with E-state index in [0.717, 1.165) is 18.5 Å². The minimum Gasteiger partial charge on any atom is -0.380 e. The van der Waals surface area contributed by atoms with Gasteiger partial charge in [-0.3, -0.25) is 4.79 Å². The van der Waals surface area contributed by atoms with Gasteiger partial charge >= 0.3 is 0 Å². The number of hydrogen-bond donors (Lipinski definition) is 1. The molecule has 1 saturated carbocycles. The highest BCUT2D eigenvalue weighted by Gasteiger charge is 2.28. The van der Waals surface area contributed by atoms with Crippen LogP contribution in [0, 0.1) is 17.8 Å². The lowest BCUT2D eigenvalue weighted by Gasteiger charge is -2.36. The number of aromatic nitrogens is 2. The largest absolute Gasteiger partial charge is 0.380 e. The molecule has 1 unspecified atom stereocenters. The molecule has 4 nitrogen and oxygen atoms in total. The van der Waals surface area contributed by atoms with Crippen molar-refractivity contribution in [3.63, 3.8) is 0 Å². The molecule has 0 radical (unpaired) electrons. The Kier molecular flexibility index (Phi) is 4.54. The van der Waals surface area contributed by atoms with Crippen LogP contribution < -0.4 is 10.9 Å². The summed E-state index contributed by atoms with van der Waals surface area (Å²) >= 11 is 3.35. The van der Waals surface area contributed by atoms with Crippen LogP contribution in [-0.4, -0.2) is 15.8 Å². The van der Waals surface area contributed by atoms with Crippen molar-refractivity contribution < 1.29 is 0 Å². The SMILES string of the molecule is C#CCn1ncc(NC2CCCC(C)(C)C2)c(Br)c1=O. The standard InChI is InChI=1S/C15H20BrN3O/c1-4-8-19-14(20)13(16)12(10-17-19)18-11-6-5-7-15(2,3)9-11/h1,10-11,18H,5-9H2,2-3H3. The molecule has 0 aliphatic heterocycles. The molecule has 0 bridgehead atoms. The van der Waals surface area contributed by atoms with Gasteiger partial charge < -0.3 is 5.32 Å². The van der Waals surface area contributed by atoms with Gasteiger partial charge in [0.05, 0.1) is 11.9 Å². The second kappa shape index (κ2) is 6.01. The number of nitrogens with zero attached hydrogens (tertiary/aromatic N) is 2. The van der Waals surface area contributed by atoms with E-state index in [1.54, 1.807) is 6.20 Å². The van der Waals surface area contributed by atoms with Crippen molar-refractivity contribution in [3.8, 4) is 12.3 Å². The van der Waals surface area contributed by atoms with Crippen molar-refractivity contribution in [1.82, 2.24) is 9.78 Å². The van der Waals surface area contributed by atoms with Crippen molar-refractivity contribution in [2.24, 2.45) is 5.41 Å². The van der Waals surface area contributed by atoms with Crippen molar-refractivity contribution in [2.45, 2.75) is 52.1 Å². The van der Waals surface area contributed by atoms with E-state index >= 15 is 0 Å². The zero-order valence-corrected chi connectivity index (χ0v) is 13.5. The van der Waals surface area contributed by atoms with Crippen molar-refractivity contribution in [3.05, 3.63) is 21.0 Å². The number of rotatable bonds is 3. The highest BCUT2D eigenvalue weighted by molar-refractivity contribution is 9.10. The van der Waals surface area contributed by atoms with Gasteiger partial charge in [-0.05, 0) is 40.6 Å². The third-order valence-electron chi connectivity index (χ3n) is 3.79. The van der Waals surface area contributed by atoms with Crippen LogP contribution in [0.2, 0.25) is 0 Å². The summed E-state index contributed by atoms with van der Waals surface area (Å²) in [7, 11) is 0. The van der Waals surface area contributed by atoms with Gasteiger partial charge in [0.25, 0.3) is 5.56 Å². The molecule has 0 amide bonds. The molecule has 0 spiro atoms. The Bertz CT molecular complexity index is 586. The molecule has 1 aliphatic rings. The highest BCUT2D eigenvalue weighted by Crippen LogP contribution is 2.36. The smallest absolute Gasteiger partial charge is 0.284 e.